The van der Waals surface area contributed by atoms with Crippen LogP contribution in [0, 0.1) is 10.1 Å². The number of fused-ring (bicyclic) bond motifs is 1. The fraction of sp³-hybridized carbons (Fsp3) is 0.125. The van der Waals surface area contributed by atoms with Gasteiger partial charge in [0.05, 0.1) is 15.8 Å². The monoisotopic (exact) mass is 193 g/mol. The van der Waals surface area contributed by atoms with Gasteiger partial charge in [0, 0.05) is 19.2 Å². The van der Waals surface area contributed by atoms with E-state index < -0.39 is 4.92 Å². The Hall–Kier alpha value is -2.11. The van der Waals surface area contributed by atoms with Gasteiger partial charge in [-0.2, -0.15) is 0 Å². The molecule has 72 valence electrons. The van der Waals surface area contributed by atoms with Crippen LogP contribution in [0.25, 0.3) is 10.9 Å². The normalized spacial score (nSPS) is 10.6. The van der Waals surface area contributed by atoms with Crippen LogP contribution < -0.4 is 5.56 Å². The Morgan fingerprint density at radius 3 is 2.86 bits per heavy atom. The van der Waals surface area contributed by atoms with Crippen LogP contribution >= 0.6 is 0 Å². The first-order valence-corrected chi connectivity index (χ1v) is 3.93. The van der Waals surface area contributed by atoms with Gasteiger partial charge in [-0.25, -0.2) is 0 Å². The minimum atomic E-state index is -0.522. The van der Waals surface area contributed by atoms with Gasteiger partial charge in [0.15, 0.2) is 0 Å². The summed E-state index contributed by atoms with van der Waals surface area (Å²) >= 11 is 0. The average Bonchev–Trinajstić information content (AvgIpc) is 2.42. The second kappa shape index (κ2) is 2.69. The predicted molar refractivity (Wildman–Crippen MR) is 50.2 cm³/mol. The third-order valence-electron chi connectivity index (χ3n) is 2.07. The van der Waals surface area contributed by atoms with Crippen LogP contribution in [-0.2, 0) is 7.05 Å². The Morgan fingerprint density at radius 1 is 1.50 bits per heavy atom. The first-order valence-electron chi connectivity index (χ1n) is 3.93. The summed E-state index contributed by atoms with van der Waals surface area (Å²) in [5.74, 6) is 0. The van der Waals surface area contributed by atoms with E-state index in [1.165, 1.54) is 16.8 Å². The minimum Gasteiger partial charge on any atom is -0.288 e. The molecule has 0 aliphatic carbocycles. The van der Waals surface area contributed by atoms with Gasteiger partial charge in [-0.3, -0.25) is 24.7 Å². The van der Waals surface area contributed by atoms with E-state index in [1.54, 1.807) is 13.1 Å². The summed E-state index contributed by atoms with van der Waals surface area (Å²) in [4.78, 5) is 21.2. The molecule has 1 heterocycles. The van der Waals surface area contributed by atoms with Crippen molar-refractivity contribution in [3.63, 3.8) is 0 Å². The number of nitrogens with zero attached hydrogens (tertiary/aromatic N) is 2. The van der Waals surface area contributed by atoms with E-state index in [0.29, 0.717) is 10.9 Å². The molecule has 14 heavy (non-hydrogen) atoms. The summed E-state index contributed by atoms with van der Waals surface area (Å²) in [6, 6.07) is 4.19. The van der Waals surface area contributed by atoms with E-state index in [9.17, 15) is 14.9 Å². The standard InChI is InChI=1S/C8H7N3O3/c1-10-7-3-2-5(11(13)14)4-6(7)8(12)9-10/h2-4H,1H3,(H,9,12). The van der Waals surface area contributed by atoms with Crippen LogP contribution in [0.2, 0.25) is 0 Å². The molecule has 0 unspecified atom stereocenters. The molecule has 0 aliphatic heterocycles. The molecule has 1 aromatic heterocycles. The molecule has 6 nitrogen and oxygen atoms in total. The van der Waals surface area contributed by atoms with Crippen molar-refractivity contribution in [3.05, 3.63) is 38.7 Å². The molecule has 2 rings (SSSR count). The van der Waals surface area contributed by atoms with Gasteiger partial charge in [0.1, 0.15) is 0 Å². The third kappa shape index (κ3) is 1.08. The molecule has 2 aromatic rings. The predicted octanol–water partition coefficient (Wildman–Crippen LogP) is 0.775. The van der Waals surface area contributed by atoms with Gasteiger partial charge in [0.25, 0.3) is 11.2 Å². The number of aromatic amines is 1. The number of hydrogen-bond donors (Lipinski definition) is 1. The third-order valence-corrected chi connectivity index (χ3v) is 2.07. The van der Waals surface area contributed by atoms with E-state index in [1.807, 2.05) is 0 Å². The molecule has 0 amide bonds. The van der Waals surface area contributed by atoms with Crippen molar-refractivity contribution >= 4 is 16.6 Å². The molecule has 6 heteroatoms. The Labute approximate surface area is 77.9 Å². The van der Waals surface area contributed by atoms with Crippen LogP contribution in [0.1, 0.15) is 0 Å². The topological polar surface area (TPSA) is 80.9 Å². The Morgan fingerprint density at radius 2 is 2.21 bits per heavy atom. The Balaban J connectivity index is 2.84. The molecular weight excluding hydrogens is 186 g/mol. The molecule has 1 N–H and O–H groups in total. The van der Waals surface area contributed by atoms with Gasteiger partial charge in [0.2, 0.25) is 0 Å². The number of non-ortho nitro benzene ring substituents is 1. The highest BCUT2D eigenvalue weighted by atomic mass is 16.6. The van der Waals surface area contributed by atoms with Crippen LogP contribution in [0.15, 0.2) is 23.0 Å². The number of H-pyrrole nitrogens is 1. The van der Waals surface area contributed by atoms with Crippen molar-refractivity contribution in [2.75, 3.05) is 0 Å². The minimum absolute atomic E-state index is 0.0748. The zero-order valence-electron chi connectivity index (χ0n) is 7.35. The van der Waals surface area contributed by atoms with Crippen molar-refractivity contribution in [1.29, 1.82) is 0 Å². The fourth-order valence-corrected chi connectivity index (χ4v) is 1.38. The largest absolute Gasteiger partial charge is 0.288 e. The zero-order chi connectivity index (χ0) is 10.3. The van der Waals surface area contributed by atoms with E-state index in [0.717, 1.165) is 0 Å². The summed E-state index contributed by atoms with van der Waals surface area (Å²) in [7, 11) is 1.68. The van der Waals surface area contributed by atoms with Crippen molar-refractivity contribution in [2.24, 2.45) is 7.05 Å². The highest BCUT2D eigenvalue weighted by molar-refractivity contribution is 5.80. The maximum atomic E-state index is 11.3. The summed E-state index contributed by atoms with van der Waals surface area (Å²) < 4.78 is 1.53. The molecule has 0 radical (unpaired) electrons. The Kier molecular flexibility index (Phi) is 1.63. The number of rotatable bonds is 1. The van der Waals surface area contributed by atoms with Crippen molar-refractivity contribution < 1.29 is 4.92 Å². The quantitative estimate of drug-likeness (QED) is 0.536. The second-order valence-electron chi connectivity index (χ2n) is 2.96. The van der Waals surface area contributed by atoms with Crippen molar-refractivity contribution in [1.82, 2.24) is 9.78 Å². The van der Waals surface area contributed by atoms with Crippen LogP contribution in [0.5, 0.6) is 0 Å². The summed E-state index contributed by atoms with van der Waals surface area (Å²) in [5, 5.41) is 13.3. The first kappa shape index (κ1) is 8.49. The lowest BCUT2D eigenvalue weighted by atomic mass is 10.2. The number of hydrogen-bond acceptors (Lipinski definition) is 3. The summed E-state index contributed by atoms with van der Waals surface area (Å²) in [6.45, 7) is 0. The lowest BCUT2D eigenvalue weighted by molar-refractivity contribution is -0.384. The number of nitro benzene ring substituents is 1. The van der Waals surface area contributed by atoms with Crippen molar-refractivity contribution in [3.8, 4) is 0 Å². The van der Waals surface area contributed by atoms with Crippen LogP contribution in [0.3, 0.4) is 0 Å². The molecule has 1 aromatic carbocycles. The number of aryl methyl sites for hydroxylation is 1. The molecule has 0 saturated carbocycles. The van der Waals surface area contributed by atoms with Gasteiger partial charge in [-0.05, 0) is 6.07 Å². The van der Waals surface area contributed by atoms with Gasteiger partial charge >= 0.3 is 0 Å². The summed E-state index contributed by atoms with van der Waals surface area (Å²) in [6.07, 6.45) is 0. The summed E-state index contributed by atoms with van der Waals surface area (Å²) in [5.41, 5.74) is 0.265. The van der Waals surface area contributed by atoms with E-state index in [-0.39, 0.29) is 11.2 Å². The number of benzene rings is 1. The average molecular weight is 193 g/mol. The fourth-order valence-electron chi connectivity index (χ4n) is 1.38. The highest BCUT2D eigenvalue weighted by Gasteiger charge is 2.10. The molecule has 0 spiro atoms. The molecule has 0 fully saturated rings. The van der Waals surface area contributed by atoms with E-state index in [2.05, 4.69) is 5.10 Å². The smallest absolute Gasteiger partial charge is 0.272 e. The second-order valence-corrected chi connectivity index (χ2v) is 2.96. The van der Waals surface area contributed by atoms with Crippen molar-refractivity contribution in [2.45, 2.75) is 0 Å². The molecular formula is C8H7N3O3. The first-order chi connectivity index (χ1) is 6.59. The van der Waals surface area contributed by atoms with Crippen LogP contribution in [-0.4, -0.2) is 14.7 Å². The number of aromatic nitrogens is 2. The van der Waals surface area contributed by atoms with Crippen LogP contribution in [0.4, 0.5) is 5.69 Å². The lowest BCUT2D eigenvalue weighted by Crippen LogP contribution is -2.01. The Bertz CT molecular complexity index is 567. The molecule has 0 saturated heterocycles. The molecule has 0 aliphatic rings. The van der Waals surface area contributed by atoms with Gasteiger partial charge in [-0.15, -0.1) is 0 Å². The maximum Gasteiger partial charge on any atom is 0.272 e. The number of nitrogens with one attached hydrogen (secondary N) is 1. The molecule has 0 atom stereocenters. The van der Waals surface area contributed by atoms with Gasteiger partial charge < -0.3 is 0 Å². The zero-order valence-corrected chi connectivity index (χ0v) is 7.35. The lowest BCUT2D eigenvalue weighted by Gasteiger charge is -1.93. The highest BCUT2D eigenvalue weighted by Crippen LogP contribution is 2.16. The number of nitro groups is 1. The maximum absolute atomic E-state index is 11.3. The molecule has 0 bridgehead atoms. The van der Waals surface area contributed by atoms with E-state index >= 15 is 0 Å². The van der Waals surface area contributed by atoms with Gasteiger partial charge in [-0.1, -0.05) is 0 Å². The SMILES string of the molecule is Cn1[nH]c(=O)c2cc([N+](=O)[O-])ccc21. The van der Waals surface area contributed by atoms with E-state index in [4.69, 9.17) is 0 Å².